The normalized spacial score (nSPS) is 10.7. The second kappa shape index (κ2) is 5.08. The van der Waals surface area contributed by atoms with Gasteiger partial charge in [-0.15, -0.1) is 0 Å². The molecular formula is C14H13N5O. The summed E-state index contributed by atoms with van der Waals surface area (Å²) in [6, 6.07) is 7.76. The molecule has 20 heavy (non-hydrogen) atoms. The summed E-state index contributed by atoms with van der Waals surface area (Å²) in [6.07, 6.45) is 4.50. The number of hydrogen-bond donors (Lipinski definition) is 1. The van der Waals surface area contributed by atoms with Crippen LogP contribution in [-0.2, 0) is 6.54 Å². The SMILES string of the molecule is CN(Cc1nc2ccccc2[nH]1)C(=O)c1cnccn1. The molecule has 6 nitrogen and oxygen atoms in total. The standard InChI is InChI=1S/C14H13N5O/c1-19(14(20)12-8-15-6-7-16-12)9-13-17-10-4-2-3-5-11(10)18-13/h2-8H,9H2,1H3,(H,17,18). The lowest BCUT2D eigenvalue weighted by molar-refractivity contribution is 0.0775. The quantitative estimate of drug-likeness (QED) is 0.782. The maximum atomic E-state index is 12.1. The van der Waals surface area contributed by atoms with Crippen LogP contribution in [0, 0.1) is 0 Å². The number of imidazole rings is 1. The zero-order valence-corrected chi connectivity index (χ0v) is 10.9. The van der Waals surface area contributed by atoms with Crippen LogP contribution in [0.5, 0.6) is 0 Å². The van der Waals surface area contributed by atoms with Crippen molar-refractivity contribution in [1.82, 2.24) is 24.8 Å². The molecule has 0 aliphatic rings. The highest BCUT2D eigenvalue weighted by molar-refractivity contribution is 5.91. The van der Waals surface area contributed by atoms with Gasteiger partial charge in [-0.3, -0.25) is 9.78 Å². The Morgan fingerprint density at radius 2 is 2.15 bits per heavy atom. The van der Waals surface area contributed by atoms with Crippen LogP contribution in [0.25, 0.3) is 11.0 Å². The molecule has 0 aliphatic carbocycles. The molecule has 2 heterocycles. The number of benzene rings is 1. The number of hydrogen-bond acceptors (Lipinski definition) is 4. The van der Waals surface area contributed by atoms with Gasteiger partial charge in [0.1, 0.15) is 11.5 Å². The van der Waals surface area contributed by atoms with Crippen LogP contribution < -0.4 is 0 Å². The molecule has 3 aromatic rings. The van der Waals surface area contributed by atoms with E-state index < -0.39 is 0 Å². The fourth-order valence-electron chi connectivity index (χ4n) is 1.98. The minimum atomic E-state index is -0.182. The summed E-state index contributed by atoms with van der Waals surface area (Å²) in [7, 11) is 1.71. The molecule has 0 saturated carbocycles. The number of carbonyl (C=O) groups excluding carboxylic acids is 1. The molecule has 1 N–H and O–H groups in total. The third-order valence-corrected chi connectivity index (χ3v) is 2.95. The third kappa shape index (κ3) is 2.35. The van der Waals surface area contributed by atoms with Gasteiger partial charge in [-0.25, -0.2) is 9.97 Å². The van der Waals surface area contributed by atoms with E-state index in [1.54, 1.807) is 11.9 Å². The highest BCUT2D eigenvalue weighted by Gasteiger charge is 2.14. The first-order valence-electron chi connectivity index (χ1n) is 6.19. The van der Waals surface area contributed by atoms with Crippen LogP contribution in [0.3, 0.4) is 0 Å². The number of nitrogens with zero attached hydrogens (tertiary/aromatic N) is 4. The van der Waals surface area contributed by atoms with Crippen LogP contribution in [0.1, 0.15) is 16.3 Å². The fourth-order valence-corrected chi connectivity index (χ4v) is 1.98. The molecule has 0 fully saturated rings. The predicted molar refractivity (Wildman–Crippen MR) is 73.9 cm³/mol. The van der Waals surface area contributed by atoms with Crippen LogP contribution in [0.2, 0.25) is 0 Å². The Morgan fingerprint density at radius 3 is 2.90 bits per heavy atom. The monoisotopic (exact) mass is 267 g/mol. The Morgan fingerprint density at radius 1 is 1.30 bits per heavy atom. The van der Waals surface area contributed by atoms with Crippen LogP contribution in [-0.4, -0.2) is 37.8 Å². The molecule has 0 spiro atoms. The Balaban J connectivity index is 1.78. The fraction of sp³-hybridized carbons (Fsp3) is 0.143. The van der Waals surface area contributed by atoms with Gasteiger partial charge in [-0.05, 0) is 12.1 Å². The number of amides is 1. The number of rotatable bonds is 3. The number of nitrogens with one attached hydrogen (secondary N) is 1. The van der Waals surface area contributed by atoms with Crippen molar-refractivity contribution in [3.05, 3.63) is 54.4 Å². The van der Waals surface area contributed by atoms with Crippen LogP contribution in [0.4, 0.5) is 0 Å². The minimum Gasteiger partial charge on any atom is -0.340 e. The van der Waals surface area contributed by atoms with Crippen LogP contribution >= 0.6 is 0 Å². The van der Waals surface area contributed by atoms with Gasteiger partial charge >= 0.3 is 0 Å². The summed E-state index contributed by atoms with van der Waals surface area (Å²) in [5.41, 5.74) is 2.18. The summed E-state index contributed by atoms with van der Waals surface area (Å²) in [6.45, 7) is 0.393. The van der Waals surface area contributed by atoms with Gasteiger partial charge in [0, 0.05) is 19.4 Å². The Labute approximate surface area is 115 Å². The van der Waals surface area contributed by atoms with Crippen molar-refractivity contribution >= 4 is 16.9 Å². The molecule has 2 aromatic heterocycles. The lowest BCUT2D eigenvalue weighted by Gasteiger charge is -2.14. The van der Waals surface area contributed by atoms with Crippen molar-refractivity contribution in [3.63, 3.8) is 0 Å². The number of para-hydroxylation sites is 2. The minimum absolute atomic E-state index is 0.182. The number of aromatic nitrogens is 4. The summed E-state index contributed by atoms with van der Waals surface area (Å²) in [5.74, 6) is 0.560. The van der Waals surface area contributed by atoms with Crippen molar-refractivity contribution < 1.29 is 4.79 Å². The van der Waals surface area contributed by atoms with Crippen molar-refractivity contribution in [2.45, 2.75) is 6.54 Å². The lowest BCUT2D eigenvalue weighted by atomic mass is 10.3. The van der Waals surface area contributed by atoms with Crippen molar-refractivity contribution in [3.8, 4) is 0 Å². The maximum Gasteiger partial charge on any atom is 0.274 e. The molecule has 0 unspecified atom stereocenters. The average molecular weight is 267 g/mol. The Kier molecular flexibility index (Phi) is 3.12. The van der Waals surface area contributed by atoms with Gasteiger partial charge in [-0.2, -0.15) is 0 Å². The zero-order valence-electron chi connectivity index (χ0n) is 10.9. The second-order valence-electron chi connectivity index (χ2n) is 4.45. The molecule has 3 rings (SSSR count). The van der Waals surface area contributed by atoms with E-state index >= 15 is 0 Å². The van der Waals surface area contributed by atoms with Crippen molar-refractivity contribution in [2.75, 3.05) is 7.05 Å². The largest absolute Gasteiger partial charge is 0.340 e. The predicted octanol–water partition coefficient (Wildman–Crippen LogP) is 1.63. The van der Waals surface area contributed by atoms with Crippen molar-refractivity contribution in [2.24, 2.45) is 0 Å². The summed E-state index contributed by atoms with van der Waals surface area (Å²) >= 11 is 0. The topological polar surface area (TPSA) is 74.8 Å². The van der Waals surface area contributed by atoms with E-state index in [4.69, 9.17) is 0 Å². The number of aromatic amines is 1. The van der Waals surface area contributed by atoms with Crippen molar-refractivity contribution in [1.29, 1.82) is 0 Å². The number of fused-ring (bicyclic) bond motifs is 1. The molecule has 100 valence electrons. The van der Waals surface area contributed by atoms with E-state index in [0.717, 1.165) is 16.9 Å². The van der Waals surface area contributed by atoms with E-state index in [9.17, 15) is 4.79 Å². The lowest BCUT2D eigenvalue weighted by Crippen LogP contribution is -2.27. The van der Waals surface area contributed by atoms with Gasteiger partial charge in [-0.1, -0.05) is 12.1 Å². The van der Waals surface area contributed by atoms with E-state index in [1.165, 1.54) is 18.6 Å². The summed E-state index contributed by atoms with van der Waals surface area (Å²) < 4.78 is 0. The maximum absolute atomic E-state index is 12.1. The number of H-pyrrole nitrogens is 1. The molecule has 6 heteroatoms. The Hall–Kier alpha value is -2.76. The highest BCUT2D eigenvalue weighted by atomic mass is 16.2. The summed E-state index contributed by atoms with van der Waals surface area (Å²) in [4.78, 5) is 29.2. The molecule has 0 atom stereocenters. The van der Waals surface area contributed by atoms with Gasteiger partial charge in [0.25, 0.3) is 5.91 Å². The smallest absolute Gasteiger partial charge is 0.274 e. The molecule has 1 aromatic carbocycles. The van der Waals surface area contributed by atoms with E-state index in [0.29, 0.717) is 12.2 Å². The molecule has 0 radical (unpaired) electrons. The molecule has 0 saturated heterocycles. The summed E-state index contributed by atoms with van der Waals surface area (Å²) in [5, 5.41) is 0. The zero-order chi connectivity index (χ0) is 13.9. The van der Waals surface area contributed by atoms with Gasteiger partial charge < -0.3 is 9.88 Å². The first-order chi connectivity index (χ1) is 9.74. The second-order valence-corrected chi connectivity index (χ2v) is 4.45. The molecule has 1 amide bonds. The van der Waals surface area contributed by atoms with Gasteiger partial charge in [0.15, 0.2) is 0 Å². The Bertz CT molecular complexity index is 704. The average Bonchev–Trinajstić information content (AvgIpc) is 2.89. The molecular weight excluding hydrogens is 254 g/mol. The first-order valence-corrected chi connectivity index (χ1v) is 6.19. The van der Waals surface area contributed by atoms with E-state index in [2.05, 4.69) is 19.9 Å². The van der Waals surface area contributed by atoms with E-state index in [1.807, 2.05) is 24.3 Å². The van der Waals surface area contributed by atoms with Gasteiger partial charge in [0.05, 0.1) is 23.8 Å². The highest BCUT2D eigenvalue weighted by Crippen LogP contribution is 2.12. The third-order valence-electron chi connectivity index (χ3n) is 2.95. The van der Waals surface area contributed by atoms with E-state index in [-0.39, 0.29) is 5.91 Å². The first kappa shape index (κ1) is 12.3. The number of carbonyl (C=O) groups is 1. The van der Waals surface area contributed by atoms with Crippen LogP contribution in [0.15, 0.2) is 42.9 Å². The van der Waals surface area contributed by atoms with Gasteiger partial charge in [0.2, 0.25) is 0 Å². The molecule has 0 aliphatic heterocycles. The molecule has 0 bridgehead atoms.